The maximum Gasteiger partial charge on any atom is 0.253 e. The molecule has 0 radical (unpaired) electrons. The molecule has 0 saturated carbocycles. The molecule has 88 valence electrons. The van der Waals surface area contributed by atoms with E-state index in [0.29, 0.717) is 12.1 Å². The van der Waals surface area contributed by atoms with E-state index < -0.39 is 0 Å². The SMILES string of the molecule is O=C1CC(c2ccccc2)=NN1c1cccnc1. The third-order valence-corrected chi connectivity index (χ3v) is 2.77. The summed E-state index contributed by atoms with van der Waals surface area (Å²) < 4.78 is 0. The van der Waals surface area contributed by atoms with Gasteiger partial charge in [0.15, 0.2) is 0 Å². The summed E-state index contributed by atoms with van der Waals surface area (Å²) in [5.74, 6) is -0.0261. The lowest BCUT2D eigenvalue weighted by molar-refractivity contribution is -0.116. The number of rotatable bonds is 2. The first-order valence-electron chi connectivity index (χ1n) is 5.70. The molecule has 0 unspecified atom stereocenters. The van der Waals surface area contributed by atoms with Gasteiger partial charge in [0.25, 0.3) is 5.91 Å². The molecule has 0 spiro atoms. The predicted molar refractivity (Wildman–Crippen MR) is 69.3 cm³/mol. The topological polar surface area (TPSA) is 45.6 Å². The highest BCUT2D eigenvalue weighted by Crippen LogP contribution is 2.21. The second-order valence-corrected chi connectivity index (χ2v) is 4.01. The van der Waals surface area contributed by atoms with Crippen molar-refractivity contribution in [2.24, 2.45) is 5.10 Å². The molecular formula is C14H11N3O. The number of benzene rings is 1. The fraction of sp³-hybridized carbons (Fsp3) is 0.0714. The first-order chi connectivity index (χ1) is 8.84. The van der Waals surface area contributed by atoms with Gasteiger partial charge < -0.3 is 0 Å². The molecule has 0 atom stereocenters. The van der Waals surface area contributed by atoms with Crippen molar-refractivity contribution in [2.75, 3.05) is 5.01 Å². The minimum absolute atomic E-state index is 0.0261. The van der Waals surface area contributed by atoms with Crippen LogP contribution in [0.15, 0.2) is 60.0 Å². The predicted octanol–water partition coefficient (Wildman–Crippen LogP) is 2.22. The lowest BCUT2D eigenvalue weighted by Gasteiger charge is -2.09. The molecule has 0 N–H and O–H groups in total. The number of carbonyl (C=O) groups is 1. The Hall–Kier alpha value is -2.49. The highest BCUT2D eigenvalue weighted by atomic mass is 16.2. The van der Waals surface area contributed by atoms with Gasteiger partial charge in [-0.1, -0.05) is 30.3 Å². The van der Waals surface area contributed by atoms with Crippen molar-refractivity contribution in [3.8, 4) is 0 Å². The van der Waals surface area contributed by atoms with Gasteiger partial charge in [-0.25, -0.2) is 0 Å². The van der Waals surface area contributed by atoms with Crippen LogP contribution in [0.4, 0.5) is 5.69 Å². The minimum atomic E-state index is -0.0261. The van der Waals surface area contributed by atoms with Crippen LogP contribution in [0.2, 0.25) is 0 Å². The molecule has 2 heterocycles. The van der Waals surface area contributed by atoms with Crippen molar-refractivity contribution in [1.29, 1.82) is 0 Å². The quantitative estimate of drug-likeness (QED) is 0.804. The van der Waals surface area contributed by atoms with E-state index in [9.17, 15) is 4.79 Å². The first kappa shape index (κ1) is 10.7. The van der Waals surface area contributed by atoms with Crippen LogP contribution in [-0.4, -0.2) is 16.6 Å². The molecule has 1 aliphatic rings. The first-order valence-corrected chi connectivity index (χ1v) is 5.70. The number of carbonyl (C=O) groups excluding carboxylic acids is 1. The van der Waals surface area contributed by atoms with Crippen molar-refractivity contribution in [3.63, 3.8) is 0 Å². The molecule has 0 fully saturated rings. The van der Waals surface area contributed by atoms with E-state index in [4.69, 9.17) is 0 Å². The number of hydrogen-bond donors (Lipinski definition) is 0. The third-order valence-electron chi connectivity index (χ3n) is 2.77. The summed E-state index contributed by atoms with van der Waals surface area (Å²) in [4.78, 5) is 15.9. The molecule has 0 bridgehead atoms. The van der Waals surface area contributed by atoms with E-state index in [1.165, 1.54) is 5.01 Å². The van der Waals surface area contributed by atoms with Crippen LogP contribution >= 0.6 is 0 Å². The Morgan fingerprint density at radius 2 is 1.89 bits per heavy atom. The Bertz CT molecular complexity index is 593. The Balaban J connectivity index is 1.95. The second-order valence-electron chi connectivity index (χ2n) is 4.01. The zero-order valence-electron chi connectivity index (χ0n) is 9.65. The molecular weight excluding hydrogens is 226 g/mol. The fourth-order valence-corrected chi connectivity index (χ4v) is 1.90. The molecule has 4 heteroatoms. The van der Waals surface area contributed by atoms with Gasteiger partial charge in [0.05, 0.1) is 24.0 Å². The Labute approximate surface area is 105 Å². The molecule has 1 amide bonds. The van der Waals surface area contributed by atoms with Crippen molar-refractivity contribution in [2.45, 2.75) is 6.42 Å². The van der Waals surface area contributed by atoms with Crippen LogP contribution < -0.4 is 5.01 Å². The van der Waals surface area contributed by atoms with Gasteiger partial charge in [-0.05, 0) is 17.7 Å². The lowest BCUT2D eigenvalue weighted by atomic mass is 10.1. The van der Waals surface area contributed by atoms with Crippen molar-refractivity contribution in [1.82, 2.24) is 4.98 Å². The molecule has 1 aliphatic heterocycles. The van der Waals surface area contributed by atoms with Crippen molar-refractivity contribution in [3.05, 3.63) is 60.4 Å². The van der Waals surface area contributed by atoms with Crippen LogP contribution in [-0.2, 0) is 4.79 Å². The average Bonchev–Trinajstić information content (AvgIpc) is 2.83. The number of pyridine rings is 1. The highest BCUT2D eigenvalue weighted by molar-refractivity contribution is 6.19. The molecule has 0 saturated heterocycles. The number of hydrazone groups is 1. The van der Waals surface area contributed by atoms with Gasteiger partial charge in [-0.15, -0.1) is 0 Å². The van der Waals surface area contributed by atoms with E-state index in [-0.39, 0.29) is 5.91 Å². The minimum Gasteiger partial charge on any atom is -0.272 e. The number of aromatic nitrogens is 1. The van der Waals surface area contributed by atoms with E-state index in [0.717, 1.165) is 11.3 Å². The summed E-state index contributed by atoms with van der Waals surface area (Å²) in [6.07, 6.45) is 3.64. The van der Waals surface area contributed by atoms with Crippen LogP contribution in [0.3, 0.4) is 0 Å². The summed E-state index contributed by atoms with van der Waals surface area (Å²) in [5, 5.41) is 5.78. The van der Waals surface area contributed by atoms with E-state index in [1.54, 1.807) is 18.5 Å². The number of nitrogens with zero attached hydrogens (tertiary/aromatic N) is 3. The Morgan fingerprint density at radius 3 is 2.61 bits per heavy atom. The smallest absolute Gasteiger partial charge is 0.253 e. The number of amides is 1. The maximum atomic E-state index is 11.9. The van der Waals surface area contributed by atoms with Crippen LogP contribution in [0.25, 0.3) is 0 Å². The zero-order chi connectivity index (χ0) is 12.4. The average molecular weight is 237 g/mol. The Morgan fingerprint density at radius 1 is 1.06 bits per heavy atom. The van der Waals surface area contributed by atoms with Crippen LogP contribution in [0.5, 0.6) is 0 Å². The van der Waals surface area contributed by atoms with Gasteiger partial charge >= 0.3 is 0 Å². The van der Waals surface area contributed by atoms with Crippen LogP contribution in [0.1, 0.15) is 12.0 Å². The van der Waals surface area contributed by atoms with Gasteiger partial charge in [-0.3, -0.25) is 9.78 Å². The number of hydrogen-bond acceptors (Lipinski definition) is 3. The summed E-state index contributed by atoms with van der Waals surface area (Å²) in [6, 6.07) is 13.3. The molecule has 1 aromatic carbocycles. The van der Waals surface area contributed by atoms with Crippen LogP contribution in [0, 0.1) is 0 Å². The summed E-state index contributed by atoms with van der Waals surface area (Å²) in [7, 11) is 0. The maximum absolute atomic E-state index is 11.9. The van der Waals surface area contributed by atoms with Gasteiger partial charge in [0.1, 0.15) is 0 Å². The zero-order valence-corrected chi connectivity index (χ0v) is 9.65. The molecule has 18 heavy (non-hydrogen) atoms. The summed E-state index contributed by atoms with van der Waals surface area (Å²) >= 11 is 0. The number of anilines is 1. The van der Waals surface area contributed by atoms with E-state index >= 15 is 0 Å². The normalized spacial score (nSPS) is 14.8. The van der Waals surface area contributed by atoms with E-state index in [2.05, 4.69) is 10.1 Å². The molecule has 1 aromatic heterocycles. The van der Waals surface area contributed by atoms with Crippen molar-refractivity contribution >= 4 is 17.3 Å². The molecule has 3 rings (SSSR count). The fourth-order valence-electron chi connectivity index (χ4n) is 1.90. The van der Waals surface area contributed by atoms with Gasteiger partial charge in [0.2, 0.25) is 0 Å². The van der Waals surface area contributed by atoms with E-state index in [1.807, 2.05) is 36.4 Å². The highest BCUT2D eigenvalue weighted by Gasteiger charge is 2.25. The molecule has 2 aromatic rings. The third kappa shape index (κ3) is 1.88. The lowest BCUT2D eigenvalue weighted by Crippen LogP contribution is -2.19. The largest absolute Gasteiger partial charge is 0.272 e. The van der Waals surface area contributed by atoms with Gasteiger partial charge in [-0.2, -0.15) is 10.1 Å². The van der Waals surface area contributed by atoms with Crippen molar-refractivity contribution < 1.29 is 4.79 Å². The molecule has 4 nitrogen and oxygen atoms in total. The Kier molecular flexibility index (Phi) is 2.61. The summed E-state index contributed by atoms with van der Waals surface area (Å²) in [5.41, 5.74) is 2.48. The monoisotopic (exact) mass is 237 g/mol. The standard InChI is InChI=1S/C14H11N3O/c18-14-9-13(11-5-2-1-3-6-11)16-17(14)12-7-4-8-15-10-12/h1-8,10H,9H2. The summed E-state index contributed by atoms with van der Waals surface area (Å²) in [6.45, 7) is 0. The van der Waals surface area contributed by atoms with Gasteiger partial charge in [0, 0.05) is 6.20 Å². The second kappa shape index (κ2) is 4.41. The molecule has 0 aliphatic carbocycles.